The number of thiazole rings is 1. The van der Waals surface area contributed by atoms with E-state index in [1.165, 1.54) is 11.3 Å². The number of aromatic nitrogens is 1. The Bertz CT molecular complexity index is 411. The van der Waals surface area contributed by atoms with Gasteiger partial charge < -0.3 is 15.2 Å². The molecule has 1 atom stereocenters. The summed E-state index contributed by atoms with van der Waals surface area (Å²) in [7, 11) is 0. The topological polar surface area (TPSA) is 88.5 Å². The molecular formula is C11H16N2O4S. The first kappa shape index (κ1) is 14.4. The Morgan fingerprint density at radius 2 is 2.22 bits per heavy atom. The summed E-state index contributed by atoms with van der Waals surface area (Å²) >= 11 is 1.34. The van der Waals surface area contributed by atoms with Crippen LogP contribution in [0.1, 0.15) is 27.2 Å². The zero-order chi connectivity index (χ0) is 13.8. The van der Waals surface area contributed by atoms with Crippen LogP contribution in [-0.2, 0) is 14.3 Å². The van der Waals surface area contributed by atoms with Crippen molar-refractivity contribution in [1.82, 2.24) is 4.98 Å². The van der Waals surface area contributed by atoms with Crippen molar-refractivity contribution in [1.29, 1.82) is 0 Å². The number of aliphatic carboxylic acids is 1. The van der Waals surface area contributed by atoms with Gasteiger partial charge in [-0.1, -0.05) is 0 Å². The fraction of sp³-hybridized carbons (Fsp3) is 0.545. The number of nitrogens with zero attached hydrogens (tertiary/aromatic N) is 1. The minimum absolute atomic E-state index is 0.246. The fourth-order valence-corrected chi connectivity index (χ4v) is 1.71. The molecule has 0 spiro atoms. The van der Waals surface area contributed by atoms with Gasteiger partial charge in [-0.2, -0.15) is 0 Å². The summed E-state index contributed by atoms with van der Waals surface area (Å²) < 4.78 is 5.08. The quantitative estimate of drug-likeness (QED) is 0.794. The number of hydrogen-bond acceptors (Lipinski definition) is 6. The lowest BCUT2D eigenvalue weighted by atomic mass is 10.1. The van der Waals surface area contributed by atoms with E-state index in [4.69, 9.17) is 9.84 Å². The average molecular weight is 272 g/mol. The third kappa shape index (κ3) is 5.13. The van der Waals surface area contributed by atoms with Gasteiger partial charge in [-0.3, -0.25) is 4.79 Å². The monoisotopic (exact) mass is 272 g/mol. The van der Waals surface area contributed by atoms with Crippen molar-refractivity contribution < 1.29 is 19.4 Å². The lowest BCUT2D eigenvalue weighted by Gasteiger charge is -2.21. The fourth-order valence-electron chi connectivity index (χ4n) is 1.21. The van der Waals surface area contributed by atoms with Crippen LogP contribution in [-0.4, -0.2) is 33.7 Å². The van der Waals surface area contributed by atoms with Crippen LogP contribution in [0.4, 0.5) is 5.82 Å². The van der Waals surface area contributed by atoms with Gasteiger partial charge in [0.2, 0.25) is 0 Å². The molecular weight excluding hydrogens is 256 g/mol. The Morgan fingerprint density at radius 1 is 1.56 bits per heavy atom. The smallest absolute Gasteiger partial charge is 0.326 e. The average Bonchev–Trinajstić information content (AvgIpc) is 2.66. The number of anilines is 1. The first-order valence-corrected chi connectivity index (χ1v) is 6.31. The van der Waals surface area contributed by atoms with E-state index < -0.39 is 23.6 Å². The molecule has 0 aliphatic rings. The zero-order valence-electron chi connectivity index (χ0n) is 10.5. The molecule has 0 fully saturated rings. The Labute approximate surface area is 109 Å². The second-order valence-electron chi connectivity index (χ2n) is 4.70. The molecule has 1 aromatic heterocycles. The molecule has 6 nitrogen and oxygen atoms in total. The van der Waals surface area contributed by atoms with Crippen molar-refractivity contribution in [2.75, 3.05) is 5.32 Å². The van der Waals surface area contributed by atoms with Gasteiger partial charge in [0.1, 0.15) is 17.5 Å². The molecule has 0 aliphatic carbocycles. The summed E-state index contributed by atoms with van der Waals surface area (Å²) in [6.45, 7) is 5.19. The maximum absolute atomic E-state index is 11.6. The number of hydrogen-bond donors (Lipinski definition) is 2. The summed E-state index contributed by atoms with van der Waals surface area (Å²) in [5, 5.41) is 13.4. The molecule has 0 aliphatic heterocycles. The SMILES string of the molecule is CC(C)(C)OC(=O)C[C@H](Nc1cscn1)C(=O)O. The van der Waals surface area contributed by atoms with E-state index in [9.17, 15) is 9.59 Å². The third-order valence-electron chi connectivity index (χ3n) is 1.84. The Kier molecular flexibility index (Phi) is 4.66. The van der Waals surface area contributed by atoms with E-state index in [1.807, 2.05) is 0 Å². The molecule has 0 saturated carbocycles. The van der Waals surface area contributed by atoms with Gasteiger partial charge in [-0.25, -0.2) is 9.78 Å². The van der Waals surface area contributed by atoms with Gasteiger partial charge in [0.25, 0.3) is 0 Å². The first-order valence-electron chi connectivity index (χ1n) is 5.37. The number of carbonyl (C=O) groups is 2. The highest BCUT2D eigenvalue weighted by Gasteiger charge is 2.25. The highest BCUT2D eigenvalue weighted by Crippen LogP contribution is 2.13. The van der Waals surface area contributed by atoms with Crippen LogP contribution < -0.4 is 5.32 Å². The van der Waals surface area contributed by atoms with Gasteiger partial charge in [0.05, 0.1) is 11.9 Å². The van der Waals surface area contributed by atoms with Crippen molar-refractivity contribution >= 4 is 29.1 Å². The normalized spacial score (nSPS) is 12.8. The van der Waals surface area contributed by atoms with E-state index in [0.29, 0.717) is 5.82 Å². The van der Waals surface area contributed by atoms with Crippen LogP contribution in [0.15, 0.2) is 10.9 Å². The molecule has 2 N–H and O–H groups in total. The third-order valence-corrected chi connectivity index (χ3v) is 2.43. The number of esters is 1. The molecule has 0 bridgehead atoms. The summed E-state index contributed by atoms with van der Waals surface area (Å²) in [6.07, 6.45) is -0.246. The maximum atomic E-state index is 11.6. The molecule has 0 radical (unpaired) electrons. The zero-order valence-corrected chi connectivity index (χ0v) is 11.3. The molecule has 18 heavy (non-hydrogen) atoms. The van der Waals surface area contributed by atoms with Crippen LogP contribution in [0.25, 0.3) is 0 Å². The largest absolute Gasteiger partial charge is 0.480 e. The van der Waals surface area contributed by atoms with Crippen molar-refractivity contribution in [3.63, 3.8) is 0 Å². The number of carboxylic acids is 1. The van der Waals surface area contributed by atoms with Crippen molar-refractivity contribution in [3.05, 3.63) is 10.9 Å². The Hall–Kier alpha value is -1.63. The van der Waals surface area contributed by atoms with E-state index in [2.05, 4.69) is 10.3 Å². The van der Waals surface area contributed by atoms with Crippen molar-refractivity contribution in [2.45, 2.75) is 38.8 Å². The second-order valence-corrected chi connectivity index (χ2v) is 5.42. The predicted molar refractivity (Wildman–Crippen MR) is 67.6 cm³/mol. The highest BCUT2D eigenvalue weighted by atomic mass is 32.1. The number of ether oxygens (including phenoxy) is 1. The van der Waals surface area contributed by atoms with Crippen molar-refractivity contribution in [3.8, 4) is 0 Å². The van der Waals surface area contributed by atoms with Gasteiger partial charge >= 0.3 is 11.9 Å². The molecule has 0 aromatic carbocycles. The molecule has 7 heteroatoms. The van der Waals surface area contributed by atoms with Crippen molar-refractivity contribution in [2.24, 2.45) is 0 Å². The molecule has 0 unspecified atom stereocenters. The van der Waals surface area contributed by atoms with E-state index >= 15 is 0 Å². The van der Waals surface area contributed by atoms with Gasteiger partial charge in [0, 0.05) is 5.38 Å². The minimum Gasteiger partial charge on any atom is -0.480 e. The Balaban J connectivity index is 2.58. The summed E-state index contributed by atoms with van der Waals surface area (Å²) in [5.41, 5.74) is 0.954. The molecule has 0 amide bonds. The highest BCUT2D eigenvalue weighted by molar-refractivity contribution is 7.07. The summed E-state index contributed by atoms with van der Waals surface area (Å²) in [5.74, 6) is -1.23. The van der Waals surface area contributed by atoms with Crippen LogP contribution >= 0.6 is 11.3 Å². The summed E-state index contributed by atoms with van der Waals surface area (Å²) in [6, 6.07) is -1.04. The molecule has 1 heterocycles. The van der Waals surface area contributed by atoms with Gasteiger partial charge in [-0.05, 0) is 20.8 Å². The Morgan fingerprint density at radius 3 is 2.67 bits per heavy atom. The second kappa shape index (κ2) is 5.81. The van der Waals surface area contributed by atoms with E-state index in [0.717, 1.165) is 0 Å². The maximum Gasteiger partial charge on any atom is 0.326 e. The number of nitrogens with one attached hydrogen (secondary N) is 1. The van der Waals surface area contributed by atoms with Gasteiger partial charge in [0.15, 0.2) is 0 Å². The molecule has 1 aromatic rings. The van der Waals surface area contributed by atoms with Crippen LogP contribution in [0.3, 0.4) is 0 Å². The lowest BCUT2D eigenvalue weighted by molar-refractivity contribution is -0.157. The number of carbonyl (C=O) groups excluding carboxylic acids is 1. The number of rotatable bonds is 5. The van der Waals surface area contributed by atoms with Gasteiger partial charge in [-0.15, -0.1) is 11.3 Å². The van der Waals surface area contributed by atoms with E-state index in [-0.39, 0.29) is 6.42 Å². The van der Waals surface area contributed by atoms with Crippen LogP contribution in [0.2, 0.25) is 0 Å². The predicted octanol–water partition coefficient (Wildman–Crippen LogP) is 1.74. The van der Waals surface area contributed by atoms with E-state index in [1.54, 1.807) is 31.7 Å². The summed E-state index contributed by atoms with van der Waals surface area (Å²) in [4.78, 5) is 26.5. The first-order chi connectivity index (χ1) is 8.28. The lowest BCUT2D eigenvalue weighted by Crippen LogP contribution is -2.34. The molecule has 1 rings (SSSR count). The number of carboxylic acid groups (broad SMARTS) is 1. The van der Waals surface area contributed by atoms with Crippen LogP contribution in [0, 0.1) is 0 Å². The standard InChI is InChI=1S/C11H16N2O4S/c1-11(2,3)17-9(14)4-7(10(15)16)13-8-5-18-6-12-8/h5-7,13H,4H2,1-3H3,(H,15,16)/t7-/m0/s1. The molecule has 100 valence electrons. The molecule has 0 saturated heterocycles. The van der Waals surface area contributed by atoms with Crippen LogP contribution in [0.5, 0.6) is 0 Å². The minimum atomic E-state index is -1.12.